The predicted octanol–water partition coefficient (Wildman–Crippen LogP) is 4.31. The minimum atomic E-state index is -0.377. The molecule has 3 aliphatic heterocycles. The molecule has 7 heteroatoms. The van der Waals surface area contributed by atoms with Gasteiger partial charge in [0.05, 0.1) is 0 Å². The van der Waals surface area contributed by atoms with Gasteiger partial charge >= 0.3 is 0 Å². The maximum Gasteiger partial charge on any atom is 0.212 e. The average Bonchev–Trinajstić information content (AvgIpc) is 2.50. The topological polar surface area (TPSA) is 51.3 Å². The van der Waals surface area contributed by atoms with Gasteiger partial charge in [-0.15, -0.1) is 0 Å². The van der Waals surface area contributed by atoms with E-state index < -0.39 is 0 Å². The molecule has 0 spiro atoms. The molecule has 0 radical (unpaired) electrons. The van der Waals surface area contributed by atoms with Gasteiger partial charge in [0.25, 0.3) is 0 Å². The van der Waals surface area contributed by atoms with Crippen LogP contribution in [0.1, 0.15) is 93.9 Å². The van der Waals surface area contributed by atoms with E-state index in [4.69, 9.17) is 22.3 Å². The maximum absolute atomic E-state index is 6.96. The van der Waals surface area contributed by atoms with Crippen molar-refractivity contribution >= 4 is 16.9 Å². The largest absolute Gasteiger partial charge is 0.296 e. The molecule has 0 aromatic carbocycles. The molecule has 2 saturated heterocycles. The van der Waals surface area contributed by atoms with Crippen LogP contribution in [0, 0.1) is 0 Å². The lowest BCUT2D eigenvalue weighted by atomic mass is 9.81. The minimum Gasteiger partial charge on any atom is -0.296 e. The Hall–Kier alpha value is -0.400. The van der Waals surface area contributed by atoms with Crippen LogP contribution in [0.3, 0.4) is 0 Å². The van der Waals surface area contributed by atoms with Gasteiger partial charge in [0, 0.05) is 22.2 Å². The minimum absolute atomic E-state index is 0.0251. The normalized spacial score (nSPS) is 33.6. The van der Waals surface area contributed by atoms with Gasteiger partial charge in [0.15, 0.2) is 6.29 Å². The SMILES string of the molecule is CC1(C)CCCC(C)(C)N1N1CN=C(Cl)N(N2C(C)(C)CCCC2(C)C)C1N. The van der Waals surface area contributed by atoms with Crippen LogP contribution in [-0.2, 0) is 0 Å². The zero-order valence-corrected chi connectivity index (χ0v) is 20.0. The molecule has 2 fully saturated rings. The monoisotopic (exact) mass is 412 g/mol. The van der Waals surface area contributed by atoms with Gasteiger partial charge < -0.3 is 0 Å². The lowest BCUT2D eigenvalue weighted by molar-refractivity contribution is -0.264. The number of aliphatic imine (C=N–C) groups is 1. The van der Waals surface area contributed by atoms with Gasteiger partial charge in [0.1, 0.15) is 6.67 Å². The van der Waals surface area contributed by atoms with E-state index in [0.717, 1.165) is 25.7 Å². The lowest BCUT2D eigenvalue weighted by Gasteiger charge is -2.63. The molecule has 3 rings (SSSR count). The van der Waals surface area contributed by atoms with Crippen molar-refractivity contribution in [2.75, 3.05) is 6.67 Å². The molecule has 0 amide bonds. The van der Waals surface area contributed by atoms with Crippen molar-refractivity contribution in [2.45, 2.75) is 122 Å². The van der Waals surface area contributed by atoms with Crippen molar-refractivity contribution in [3.05, 3.63) is 0 Å². The molecule has 0 aromatic heterocycles. The molecule has 6 nitrogen and oxygen atoms in total. The summed E-state index contributed by atoms with van der Waals surface area (Å²) < 4.78 is 0. The van der Waals surface area contributed by atoms with Crippen LogP contribution < -0.4 is 5.73 Å². The van der Waals surface area contributed by atoms with E-state index in [0.29, 0.717) is 12.0 Å². The number of nitrogens with two attached hydrogens (primary N) is 1. The third-order valence-electron chi connectivity index (χ3n) is 7.01. The number of hydrogen-bond donors (Lipinski definition) is 1. The fourth-order valence-corrected chi connectivity index (χ4v) is 6.38. The zero-order chi connectivity index (χ0) is 21.1. The first-order valence-electron chi connectivity index (χ1n) is 10.8. The third kappa shape index (κ3) is 3.71. The smallest absolute Gasteiger partial charge is 0.212 e. The van der Waals surface area contributed by atoms with E-state index in [1.165, 1.54) is 12.8 Å². The fraction of sp³-hybridized carbons (Fsp3) is 0.952. The van der Waals surface area contributed by atoms with Crippen molar-refractivity contribution < 1.29 is 0 Å². The summed E-state index contributed by atoms with van der Waals surface area (Å²) in [4.78, 5) is 4.73. The second kappa shape index (κ2) is 7.09. The van der Waals surface area contributed by atoms with Gasteiger partial charge in [0.2, 0.25) is 5.29 Å². The summed E-state index contributed by atoms with van der Waals surface area (Å²) in [7, 11) is 0. The van der Waals surface area contributed by atoms with Crippen LogP contribution in [0.5, 0.6) is 0 Å². The molecule has 0 aliphatic carbocycles. The van der Waals surface area contributed by atoms with Gasteiger partial charge in [-0.25, -0.2) is 20.0 Å². The number of rotatable bonds is 2. The summed E-state index contributed by atoms with van der Waals surface area (Å²) in [6, 6.07) is 0. The Morgan fingerprint density at radius 1 is 0.786 bits per heavy atom. The van der Waals surface area contributed by atoms with Gasteiger partial charge in [-0.3, -0.25) is 5.73 Å². The van der Waals surface area contributed by atoms with Crippen LogP contribution in [0.25, 0.3) is 0 Å². The van der Waals surface area contributed by atoms with Crippen LogP contribution >= 0.6 is 11.6 Å². The van der Waals surface area contributed by atoms with E-state index in [1.807, 2.05) is 0 Å². The Balaban J connectivity index is 2.01. The van der Waals surface area contributed by atoms with Crippen molar-refractivity contribution in [2.24, 2.45) is 10.7 Å². The second-order valence-electron chi connectivity index (χ2n) is 11.3. The summed E-state index contributed by atoms with van der Waals surface area (Å²) in [5, 5.41) is 9.68. The maximum atomic E-state index is 6.96. The quantitative estimate of drug-likeness (QED) is 0.684. The number of piperidine rings is 2. The number of hydrazine groups is 2. The van der Waals surface area contributed by atoms with Gasteiger partial charge in [-0.2, -0.15) is 5.01 Å². The molecular formula is C21H41ClN6. The van der Waals surface area contributed by atoms with Crippen molar-refractivity contribution in [3.8, 4) is 0 Å². The highest BCUT2D eigenvalue weighted by Crippen LogP contribution is 2.44. The summed E-state index contributed by atoms with van der Waals surface area (Å²) in [6.07, 6.45) is 6.60. The lowest BCUT2D eigenvalue weighted by Crippen LogP contribution is -2.78. The number of hydrogen-bond acceptors (Lipinski definition) is 6. The first-order chi connectivity index (χ1) is 12.7. The van der Waals surface area contributed by atoms with E-state index >= 15 is 0 Å². The Morgan fingerprint density at radius 3 is 1.61 bits per heavy atom. The Labute approximate surface area is 177 Å². The van der Waals surface area contributed by atoms with E-state index in [2.05, 4.69) is 75.4 Å². The highest BCUT2D eigenvalue weighted by Gasteiger charge is 2.52. The van der Waals surface area contributed by atoms with Crippen molar-refractivity contribution in [3.63, 3.8) is 0 Å². The van der Waals surface area contributed by atoms with Gasteiger partial charge in [-0.05, 0) is 106 Å². The Morgan fingerprint density at radius 2 is 1.18 bits per heavy atom. The first kappa shape index (κ1) is 22.3. The van der Waals surface area contributed by atoms with Crippen LogP contribution in [0.15, 0.2) is 4.99 Å². The highest BCUT2D eigenvalue weighted by atomic mass is 35.5. The molecule has 1 atom stereocenters. The molecule has 0 aromatic rings. The zero-order valence-electron chi connectivity index (χ0n) is 19.2. The molecule has 1 unspecified atom stereocenters. The Kier molecular flexibility index (Phi) is 5.64. The van der Waals surface area contributed by atoms with Crippen LogP contribution in [0.4, 0.5) is 0 Å². The van der Waals surface area contributed by atoms with E-state index in [1.54, 1.807) is 0 Å². The molecule has 2 N–H and O–H groups in total. The summed E-state index contributed by atoms with van der Waals surface area (Å²) in [5.74, 6) is 0. The van der Waals surface area contributed by atoms with Crippen molar-refractivity contribution in [1.82, 2.24) is 20.0 Å². The number of nitrogens with zero attached hydrogens (tertiary/aromatic N) is 5. The summed E-state index contributed by atoms with van der Waals surface area (Å²) >= 11 is 6.72. The van der Waals surface area contributed by atoms with Crippen LogP contribution in [0.2, 0.25) is 0 Å². The molecule has 28 heavy (non-hydrogen) atoms. The highest BCUT2D eigenvalue weighted by molar-refractivity contribution is 6.64. The molecule has 0 saturated carbocycles. The first-order valence-corrected chi connectivity index (χ1v) is 11.2. The molecule has 3 heterocycles. The predicted molar refractivity (Wildman–Crippen MR) is 118 cm³/mol. The molecule has 3 aliphatic rings. The van der Waals surface area contributed by atoms with Gasteiger partial charge in [-0.1, -0.05) is 0 Å². The number of amidine groups is 1. The standard InChI is InChI=1S/C21H41ClN6/c1-18(2)11-9-12-19(3,4)27(18)25-15-24-16(22)26(17(25)23)28-20(5,6)13-10-14-21(28,7)8/h17H,9-15,23H2,1-8H3. The second-order valence-corrected chi connectivity index (χ2v) is 11.7. The molecular weight excluding hydrogens is 372 g/mol. The third-order valence-corrected chi connectivity index (χ3v) is 7.30. The summed E-state index contributed by atoms with van der Waals surface area (Å²) in [5.41, 5.74) is 6.94. The van der Waals surface area contributed by atoms with Crippen LogP contribution in [-0.4, -0.2) is 60.4 Å². The molecule has 162 valence electrons. The average molecular weight is 413 g/mol. The van der Waals surface area contributed by atoms with E-state index in [-0.39, 0.29) is 28.4 Å². The van der Waals surface area contributed by atoms with E-state index in [9.17, 15) is 0 Å². The number of halogens is 1. The summed E-state index contributed by atoms with van der Waals surface area (Å²) in [6.45, 7) is 18.9. The van der Waals surface area contributed by atoms with Crippen molar-refractivity contribution in [1.29, 1.82) is 0 Å². The fourth-order valence-electron chi connectivity index (χ4n) is 6.15. The molecule has 0 bridgehead atoms. The Bertz CT molecular complexity index is 594.